The third-order valence-electron chi connectivity index (χ3n) is 2.83. The molecular weight excluding hydrogens is 266 g/mol. The number of benzene rings is 1. The number of hydrogen-bond acceptors (Lipinski definition) is 4. The molecule has 2 heterocycles. The molecule has 0 saturated carbocycles. The third-order valence-corrected chi connectivity index (χ3v) is 3.08. The van der Waals surface area contributed by atoms with Gasteiger partial charge in [-0.1, -0.05) is 23.7 Å². The van der Waals surface area contributed by atoms with Crippen molar-refractivity contribution in [2.45, 2.75) is 0 Å². The van der Waals surface area contributed by atoms with Crippen LogP contribution in [0.1, 0.15) is 16.2 Å². The smallest absolute Gasteiger partial charge is 0.267 e. The number of aromatic nitrogens is 2. The van der Waals surface area contributed by atoms with Crippen LogP contribution < -0.4 is 11.3 Å². The Hall–Kier alpha value is -2.40. The molecule has 1 aromatic carbocycles. The van der Waals surface area contributed by atoms with Gasteiger partial charge in [0.1, 0.15) is 11.6 Å². The second-order valence-electron chi connectivity index (χ2n) is 4.08. The largest absolute Gasteiger partial charge is 0.383 e. The van der Waals surface area contributed by atoms with Crippen molar-refractivity contribution >= 4 is 35.0 Å². The summed E-state index contributed by atoms with van der Waals surface area (Å²) in [6.45, 7) is 0. The van der Waals surface area contributed by atoms with Crippen molar-refractivity contribution in [1.29, 1.82) is 0 Å². The van der Waals surface area contributed by atoms with Gasteiger partial charge in [-0.25, -0.2) is 9.55 Å². The lowest BCUT2D eigenvalue weighted by Crippen LogP contribution is -2.26. The van der Waals surface area contributed by atoms with E-state index in [0.29, 0.717) is 16.2 Å². The molecule has 3 rings (SSSR count). The van der Waals surface area contributed by atoms with Gasteiger partial charge in [-0.2, -0.15) is 0 Å². The van der Waals surface area contributed by atoms with Crippen LogP contribution in [0.5, 0.6) is 0 Å². The van der Waals surface area contributed by atoms with Crippen LogP contribution in [-0.2, 0) is 0 Å². The average Bonchev–Trinajstić information content (AvgIpc) is 2.67. The van der Waals surface area contributed by atoms with E-state index in [1.807, 2.05) is 0 Å². The van der Waals surface area contributed by atoms with Gasteiger partial charge in [0.15, 0.2) is 0 Å². The van der Waals surface area contributed by atoms with Gasteiger partial charge < -0.3 is 5.73 Å². The Kier molecular flexibility index (Phi) is 2.50. The van der Waals surface area contributed by atoms with Crippen molar-refractivity contribution in [3.05, 3.63) is 57.1 Å². The average molecular weight is 274 g/mol. The Bertz CT molecular complexity index is 775. The fraction of sp³-hybridized carbons (Fsp3) is 0. The highest BCUT2D eigenvalue weighted by atomic mass is 35.5. The van der Waals surface area contributed by atoms with Crippen LogP contribution in [-0.4, -0.2) is 15.5 Å². The summed E-state index contributed by atoms with van der Waals surface area (Å²) in [7, 11) is 0. The molecule has 0 amide bonds. The monoisotopic (exact) mass is 273 g/mol. The molecule has 6 heteroatoms. The lowest BCUT2D eigenvalue weighted by molar-refractivity contribution is 0.0979. The molecule has 94 valence electrons. The maximum absolute atomic E-state index is 12.2. The van der Waals surface area contributed by atoms with E-state index in [0.717, 1.165) is 10.6 Å². The Morgan fingerprint density at radius 1 is 1.16 bits per heavy atom. The van der Waals surface area contributed by atoms with E-state index < -0.39 is 11.5 Å². The van der Waals surface area contributed by atoms with E-state index in [4.69, 9.17) is 17.3 Å². The van der Waals surface area contributed by atoms with E-state index >= 15 is 0 Å². The van der Waals surface area contributed by atoms with Crippen LogP contribution in [0.25, 0.3) is 11.6 Å². The third kappa shape index (κ3) is 1.84. The normalized spacial score (nSPS) is 13.3. The molecule has 19 heavy (non-hydrogen) atoms. The standard InChI is InChI=1S/C13H8ClN3O2/c14-8-3-1-7(2-4-8)9-5-11-16-10(15)6-12(18)17(11)13(9)19/h1-6H,15H2. The highest BCUT2D eigenvalue weighted by Crippen LogP contribution is 2.25. The van der Waals surface area contributed by atoms with Crippen molar-refractivity contribution in [2.24, 2.45) is 0 Å². The van der Waals surface area contributed by atoms with Crippen molar-refractivity contribution in [3.63, 3.8) is 0 Å². The summed E-state index contributed by atoms with van der Waals surface area (Å²) in [5, 5.41) is 0.576. The van der Waals surface area contributed by atoms with Crippen molar-refractivity contribution in [2.75, 3.05) is 5.73 Å². The molecule has 2 N–H and O–H groups in total. The van der Waals surface area contributed by atoms with Gasteiger partial charge in [0.2, 0.25) is 0 Å². The Morgan fingerprint density at radius 3 is 2.53 bits per heavy atom. The number of allylic oxidation sites excluding steroid dienone is 1. The molecule has 0 bridgehead atoms. The summed E-state index contributed by atoms with van der Waals surface area (Å²) in [6.07, 6.45) is 1.54. The molecule has 0 unspecified atom stereocenters. The van der Waals surface area contributed by atoms with Crippen LogP contribution in [0.15, 0.2) is 35.1 Å². The molecule has 0 saturated heterocycles. The van der Waals surface area contributed by atoms with Crippen LogP contribution >= 0.6 is 11.6 Å². The molecule has 0 fully saturated rings. The molecule has 0 aliphatic carbocycles. The molecule has 1 aromatic heterocycles. The predicted molar refractivity (Wildman–Crippen MR) is 72.9 cm³/mol. The van der Waals surface area contributed by atoms with E-state index in [2.05, 4.69) is 4.98 Å². The molecule has 1 aliphatic rings. The van der Waals surface area contributed by atoms with Crippen LogP contribution in [0.2, 0.25) is 5.02 Å². The number of carbonyl (C=O) groups is 1. The van der Waals surface area contributed by atoms with E-state index in [9.17, 15) is 9.59 Å². The van der Waals surface area contributed by atoms with Gasteiger partial charge in [0.05, 0.1) is 5.57 Å². The van der Waals surface area contributed by atoms with Crippen molar-refractivity contribution in [3.8, 4) is 0 Å². The van der Waals surface area contributed by atoms with Gasteiger partial charge in [0, 0.05) is 11.1 Å². The highest BCUT2D eigenvalue weighted by Gasteiger charge is 2.25. The second-order valence-corrected chi connectivity index (χ2v) is 4.52. The lowest BCUT2D eigenvalue weighted by Gasteiger charge is -2.03. The number of anilines is 1. The summed E-state index contributed by atoms with van der Waals surface area (Å²) in [5.74, 6) is -0.0626. The number of hydrogen-bond donors (Lipinski definition) is 1. The van der Waals surface area contributed by atoms with Crippen LogP contribution in [0.4, 0.5) is 5.82 Å². The first-order chi connectivity index (χ1) is 9.06. The first-order valence-corrected chi connectivity index (χ1v) is 5.86. The number of nitrogen functional groups attached to an aromatic ring is 1. The number of halogens is 1. The first-order valence-electron chi connectivity index (χ1n) is 5.48. The molecule has 1 aliphatic heterocycles. The Balaban J connectivity index is 2.15. The van der Waals surface area contributed by atoms with Crippen LogP contribution in [0, 0.1) is 0 Å². The highest BCUT2D eigenvalue weighted by molar-refractivity contribution is 6.31. The van der Waals surface area contributed by atoms with Crippen molar-refractivity contribution in [1.82, 2.24) is 9.55 Å². The maximum atomic E-state index is 12.2. The van der Waals surface area contributed by atoms with Crippen LogP contribution in [0.3, 0.4) is 0 Å². The minimum Gasteiger partial charge on any atom is -0.383 e. The van der Waals surface area contributed by atoms with Gasteiger partial charge in [-0.3, -0.25) is 9.59 Å². The van der Waals surface area contributed by atoms with E-state index in [1.165, 1.54) is 0 Å². The molecule has 5 nitrogen and oxygen atoms in total. The molecule has 0 radical (unpaired) electrons. The Morgan fingerprint density at radius 2 is 1.84 bits per heavy atom. The lowest BCUT2D eigenvalue weighted by atomic mass is 10.1. The topological polar surface area (TPSA) is 78.0 Å². The van der Waals surface area contributed by atoms with E-state index in [-0.39, 0.29) is 11.6 Å². The minimum absolute atomic E-state index is 0.0951. The predicted octanol–water partition coefficient (Wildman–Crippen LogP) is 1.67. The van der Waals surface area contributed by atoms with Gasteiger partial charge in [-0.05, 0) is 23.8 Å². The summed E-state index contributed by atoms with van der Waals surface area (Å²) in [6, 6.07) is 7.91. The summed E-state index contributed by atoms with van der Waals surface area (Å²) in [4.78, 5) is 27.9. The molecule has 0 atom stereocenters. The van der Waals surface area contributed by atoms with Gasteiger partial charge in [0.25, 0.3) is 11.5 Å². The second kappa shape index (κ2) is 4.07. The SMILES string of the molecule is Nc1cc(=O)n2c(n1)C=C(c1ccc(Cl)cc1)C2=O. The summed E-state index contributed by atoms with van der Waals surface area (Å²) in [5.41, 5.74) is 6.09. The van der Waals surface area contributed by atoms with Gasteiger partial charge in [-0.15, -0.1) is 0 Å². The Labute approximate surface area is 113 Å². The number of nitrogens with zero attached hydrogens (tertiary/aromatic N) is 2. The maximum Gasteiger partial charge on any atom is 0.267 e. The van der Waals surface area contributed by atoms with Crippen molar-refractivity contribution < 1.29 is 4.79 Å². The summed E-state index contributed by atoms with van der Waals surface area (Å²) >= 11 is 5.80. The zero-order valence-electron chi connectivity index (χ0n) is 9.63. The summed E-state index contributed by atoms with van der Waals surface area (Å²) < 4.78 is 1.00. The molecule has 0 spiro atoms. The number of carbonyl (C=O) groups excluding carboxylic acids is 1. The zero-order valence-corrected chi connectivity index (χ0v) is 10.4. The van der Waals surface area contributed by atoms with Gasteiger partial charge >= 0.3 is 0 Å². The number of nitrogens with two attached hydrogens (primary N) is 1. The zero-order chi connectivity index (χ0) is 13.6. The fourth-order valence-electron chi connectivity index (χ4n) is 1.97. The molecular formula is C13H8ClN3O2. The minimum atomic E-state index is -0.479. The first kappa shape index (κ1) is 11.7. The number of fused-ring (bicyclic) bond motifs is 1. The number of rotatable bonds is 1. The fourth-order valence-corrected chi connectivity index (χ4v) is 2.09. The molecule has 2 aromatic rings. The quantitative estimate of drug-likeness (QED) is 0.857. The van der Waals surface area contributed by atoms with E-state index in [1.54, 1.807) is 30.3 Å².